The molecule has 0 aliphatic rings. The van der Waals surface area contributed by atoms with E-state index in [1.54, 1.807) is 26.2 Å². The van der Waals surface area contributed by atoms with Gasteiger partial charge in [0.15, 0.2) is 0 Å². The second-order valence-corrected chi connectivity index (χ2v) is 10.3. The molecule has 4 rings (SSSR count). The number of hydrogen-bond acceptors (Lipinski definition) is 4. The summed E-state index contributed by atoms with van der Waals surface area (Å²) in [5.74, 6) is -0.985. The number of nitrogens with zero attached hydrogens (tertiary/aromatic N) is 1. The van der Waals surface area contributed by atoms with E-state index in [4.69, 9.17) is 5.73 Å². The highest BCUT2D eigenvalue weighted by atomic mass is 16.2. The Balaban J connectivity index is 1.61. The van der Waals surface area contributed by atoms with E-state index in [9.17, 15) is 14.4 Å². The molecule has 4 N–H and O–H groups in total. The van der Waals surface area contributed by atoms with Gasteiger partial charge >= 0.3 is 0 Å². The van der Waals surface area contributed by atoms with Gasteiger partial charge in [-0.3, -0.25) is 14.4 Å². The van der Waals surface area contributed by atoms with Gasteiger partial charge in [0.2, 0.25) is 11.8 Å². The van der Waals surface area contributed by atoms with Gasteiger partial charge < -0.3 is 21.3 Å². The maximum atomic E-state index is 14.0. The molecule has 0 aromatic heterocycles. The van der Waals surface area contributed by atoms with Crippen molar-refractivity contribution in [1.29, 1.82) is 0 Å². The quantitative estimate of drug-likeness (QED) is 0.243. The highest BCUT2D eigenvalue weighted by molar-refractivity contribution is 5.98. The molecule has 0 saturated carbocycles. The first kappa shape index (κ1) is 30.2. The summed E-state index contributed by atoms with van der Waals surface area (Å²) in [6.45, 7) is 0.470. The molecule has 0 radical (unpaired) electrons. The Hall–Kier alpha value is -4.75. The lowest BCUT2D eigenvalue weighted by atomic mass is 9.98. The van der Waals surface area contributed by atoms with Gasteiger partial charge in [-0.1, -0.05) is 97.1 Å². The van der Waals surface area contributed by atoms with Crippen molar-refractivity contribution < 1.29 is 14.4 Å². The van der Waals surface area contributed by atoms with Crippen LogP contribution in [0.25, 0.3) is 11.1 Å². The number of amides is 3. The lowest BCUT2D eigenvalue weighted by Crippen LogP contribution is -2.55. The second-order valence-electron chi connectivity index (χ2n) is 10.3. The number of carbonyl (C=O) groups is 3. The van der Waals surface area contributed by atoms with Crippen molar-refractivity contribution in [2.24, 2.45) is 5.73 Å². The second kappa shape index (κ2) is 14.8. The summed E-state index contributed by atoms with van der Waals surface area (Å²) in [4.78, 5) is 41.9. The molecule has 42 heavy (non-hydrogen) atoms. The minimum absolute atomic E-state index is 0.262. The molecule has 4 aromatic carbocycles. The lowest BCUT2D eigenvalue weighted by molar-refractivity contribution is -0.140. The maximum Gasteiger partial charge on any atom is 0.251 e. The molecule has 0 heterocycles. The Kier molecular flexibility index (Phi) is 10.6. The van der Waals surface area contributed by atoms with Gasteiger partial charge in [0.05, 0.1) is 0 Å². The Labute approximate surface area is 247 Å². The van der Waals surface area contributed by atoms with Crippen LogP contribution >= 0.6 is 0 Å². The third-order valence-electron chi connectivity index (χ3n) is 7.36. The van der Waals surface area contributed by atoms with E-state index in [0.717, 1.165) is 27.8 Å². The van der Waals surface area contributed by atoms with Crippen molar-refractivity contribution in [2.75, 3.05) is 20.6 Å². The van der Waals surface area contributed by atoms with Crippen molar-refractivity contribution >= 4 is 17.7 Å². The van der Waals surface area contributed by atoms with E-state index in [0.29, 0.717) is 24.9 Å². The van der Waals surface area contributed by atoms with E-state index in [1.807, 2.05) is 97.1 Å². The van der Waals surface area contributed by atoms with Crippen LogP contribution in [0, 0.1) is 0 Å². The van der Waals surface area contributed by atoms with E-state index < -0.39 is 12.1 Å². The fourth-order valence-corrected chi connectivity index (χ4v) is 4.98. The highest BCUT2D eigenvalue weighted by Gasteiger charge is 2.32. The SMILES string of the molecule is CNC(=O)C(Cc1ccccc1)N(C)C(=O)C(Cc1ccc(-c2ccccc2)cc1)NC(=O)c1cccc(CCN)c1. The molecule has 0 spiro atoms. The van der Waals surface area contributed by atoms with Gasteiger partial charge in [-0.05, 0) is 52.9 Å². The van der Waals surface area contributed by atoms with Crippen LogP contribution in [0.5, 0.6) is 0 Å². The average molecular weight is 563 g/mol. The third kappa shape index (κ3) is 7.92. The van der Waals surface area contributed by atoms with Crippen LogP contribution in [0.3, 0.4) is 0 Å². The first-order valence-corrected chi connectivity index (χ1v) is 14.2. The summed E-state index contributed by atoms with van der Waals surface area (Å²) < 4.78 is 0. The van der Waals surface area contributed by atoms with Gasteiger partial charge in [0.1, 0.15) is 12.1 Å². The molecule has 0 saturated heterocycles. The van der Waals surface area contributed by atoms with Gasteiger partial charge in [0.25, 0.3) is 5.91 Å². The van der Waals surface area contributed by atoms with Crippen molar-refractivity contribution in [3.8, 4) is 11.1 Å². The normalized spacial score (nSPS) is 12.2. The van der Waals surface area contributed by atoms with E-state index in [1.165, 1.54) is 4.90 Å². The highest BCUT2D eigenvalue weighted by Crippen LogP contribution is 2.20. The molecule has 3 amide bonds. The fourth-order valence-electron chi connectivity index (χ4n) is 4.98. The van der Waals surface area contributed by atoms with Gasteiger partial charge in [-0.25, -0.2) is 0 Å². The van der Waals surface area contributed by atoms with E-state index >= 15 is 0 Å². The molecule has 0 aliphatic heterocycles. The summed E-state index contributed by atoms with van der Waals surface area (Å²) in [6.07, 6.45) is 1.25. The fraction of sp³-hybridized carbons (Fsp3) is 0.229. The molecule has 216 valence electrons. The van der Waals surface area contributed by atoms with Crippen molar-refractivity contribution in [3.05, 3.63) is 131 Å². The standard InChI is InChI=1S/C35H38N4O3/c1-37-34(41)32(24-25-10-5-3-6-11-25)39(2)35(42)31(38-33(40)30-15-9-12-26(22-30)20-21-36)23-27-16-18-29(19-17-27)28-13-7-4-8-14-28/h3-19,22,31-32H,20-21,23-24,36H2,1-2H3,(H,37,41)(H,38,40). The molecule has 2 atom stereocenters. The Morgan fingerprint density at radius 3 is 1.98 bits per heavy atom. The first-order valence-electron chi connectivity index (χ1n) is 14.2. The summed E-state index contributed by atoms with van der Waals surface area (Å²) in [5.41, 5.74) is 11.1. The summed E-state index contributed by atoms with van der Waals surface area (Å²) in [5, 5.41) is 5.65. The van der Waals surface area contributed by atoms with Crippen LogP contribution in [0.15, 0.2) is 109 Å². The van der Waals surface area contributed by atoms with Crippen LogP contribution in [0.4, 0.5) is 0 Å². The topological polar surface area (TPSA) is 105 Å². The number of benzene rings is 4. The zero-order valence-electron chi connectivity index (χ0n) is 24.1. The largest absolute Gasteiger partial charge is 0.357 e. The van der Waals surface area contributed by atoms with Crippen molar-refractivity contribution in [1.82, 2.24) is 15.5 Å². The van der Waals surface area contributed by atoms with Gasteiger partial charge in [-0.2, -0.15) is 0 Å². The van der Waals surface area contributed by atoms with Gasteiger partial charge in [0, 0.05) is 32.5 Å². The van der Waals surface area contributed by atoms with Crippen molar-refractivity contribution in [3.63, 3.8) is 0 Å². The predicted octanol–water partition coefficient (Wildman–Crippen LogP) is 4.01. The molecule has 0 bridgehead atoms. The minimum atomic E-state index is -0.897. The Bertz CT molecular complexity index is 1470. The van der Waals surface area contributed by atoms with Crippen molar-refractivity contribution in [2.45, 2.75) is 31.3 Å². The summed E-state index contributed by atoms with van der Waals surface area (Å²) >= 11 is 0. The molecule has 2 unspecified atom stereocenters. The zero-order chi connectivity index (χ0) is 29.9. The molecule has 7 nitrogen and oxygen atoms in total. The molecular weight excluding hydrogens is 524 g/mol. The van der Waals surface area contributed by atoms with Crippen LogP contribution in [-0.2, 0) is 28.9 Å². The van der Waals surface area contributed by atoms with Crippen LogP contribution in [0.1, 0.15) is 27.0 Å². The Morgan fingerprint density at radius 1 is 0.738 bits per heavy atom. The van der Waals surface area contributed by atoms with Crippen LogP contribution in [0.2, 0.25) is 0 Å². The number of carbonyl (C=O) groups excluding carboxylic acids is 3. The summed E-state index contributed by atoms with van der Waals surface area (Å²) in [6, 6.07) is 33.2. The number of hydrogen-bond donors (Lipinski definition) is 3. The lowest BCUT2D eigenvalue weighted by Gasteiger charge is -2.31. The smallest absolute Gasteiger partial charge is 0.251 e. The predicted molar refractivity (Wildman–Crippen MR) is 167 cm³/mol. The average Bonchev–Trinajstić information content (AvgIpc) is 3.03. The monoisotopic (exact) mass is 562 g/mol. The van der Waals surface area contributed by atoms with Gasteiger partial charge in [-0.15, -0.1) is 0 Å². The van der Waals surface area contributed by atoms with E-state index in [-0.39, 0.29) is 24.1 Å². The molecule has 0 aliphatic carbocycles. The first-order chi connectivity index (χ1) is 20.4. The molecule has 7 heteroatoms. The number of likely N-dealkylation sites (N-methyl/N-ethyl adjacent to an activating group) is 2. The molecule has 4 aromatic rings. The molecular formula is C35H38N4O3. The maximum absolute atomic E-state index is 14.0. The van der Waals surface area contributed by atoms with E-state index in [2.05, 4.69) is 10.6 Å². The third-order valence-corrected chi connectivity index (χ3v) is 7.36. The minimum Gasteiger partial charge on any atom is -0.357 e. The number of nitrogens with two attached hydrogens (primary N) is 1. The number of rotatable bonds is 12. The van der Waals surface area contributed by atoms with Crippen LogP contribution in [-0.4, -0.2) is 55.3 Å². The molecule has 0 fully saturated rings. The number of nitrogens with one attached hydrogen (secondary N) is 2. The zero-order valence-corrected chi connectivity index (χ0v) is 24.1. The summed E-state index contributed by atoms with van der Waals surface area (Å²) in [7, 11) is 3.17. The van der Waals surface area contributed by atoms with Crippen LogP contribution < -0.4 is 16.4 Å². The Morgan fingerprint density at radius 2 is 1.33 bits per heavy atom.